The minimum absolute atomic E-state index is 0.0434. The summed E-state index contributed by atoms with van der Waals surface area (Å²) in [5.74, 6) is 0.751. The van der Waals surface area contributed by atoms with Crippen molar-refractivity contribution >= 4 is 5.91 Å². The highest BCUT2D eigenvalue weighted by Gasteiger charge is 2.36. The number of amides is 1. The molecule has 23 heavy (non-hydrogen) atoms. The first-order valence-corrected chi connectivity index (χ1v) is 8.48. The van der Waals surface area contributed by atoms with E-state index >= 15 is 0 Å². The van der Waals surface area contributed by atoms with Gasteiger partial charge in [0.25, 0.3) is 5.91 Å². The number of carbonyl (C=O) groups excluding carboxylic acids is 1. The second kappa shape index (κ2) is 6.75. The summed E-state index contributed by atoms with van der Waals surface area (Å²) >= 11 is 0. The molecule has 4 heteroatoms. The molecule has 2 atom stereocenters. The third-order valence-corrected chi connectivity index (χ3v) is 4.94. The van der Waals surface area contributed by atoms with E-state index in [1.165, 1.54) is 18.4 Å². The van der Waals surface area contributed by atoms with Crippen molar-refractivity contribution in [3.63, 3.8) is 0 Å². The van der Waals surface area contributed by atoms with E-state index in [2.05, 4.69) is 24.8 Å². The zero-order chi connectivity index (χ0) is 16.4. The molecule has 3 aliphatic rings. The van der Waals surface area contributed by atoms with Crippen molar-refractivity contribution in [2.45, 2.75) is 32.7 Å². The first kappa shape index (κ1) is 16.1. The van der Waals surface area contributed by atoms with Crippen molar-refractivity contribution in [1.29, 1.82) is 0 Å². The van der Waals surface area contributed by atoms with Crippen LogP contribution in [0.5, 0.6) is 5.75 Å². The predicted molar refractivity (Wildman–Crippen MR) is 91.5 cm³/mol. The van der Waals surface area contributed by atoms with Crippen LogP contribution in [-0.2, 0) is 0 Å². The van der Waals surface area contributed by atoms with Crippen LogP contribution >= 0.6 is 0 Å². The summed E-state index contributed by atoms with van der Waals surface area (Å²) in [6.45, 7) is 7.95. The first-order valence-electron chi connectivity index (χ1n) is 8.48. The predicted octanol–water partition coefficient (Wildman–Crippen LogP) is 2.89. The molecule has 3 aliphatic heterocycles. The Morgan fingerprint density at radius 2 is 2.09 bits per heavy atom. The molecule has 0 spiro atoms. The number of phenols is 1. The minimum Gasteiger partial charge on any atom is -0.508 e. The van der Waals surface area contributed by atoms with E-state index in [0.717, 1.165) is 26.2 Å². The minimum atomic E-state index is 0.0434. The van der Waals surface area contributed by atoms with Crippen LogP contribution in [0.15, 0.2) is 35.9 Å². The third-order valence-electron chi connectivity index (χ3n) is 4.94. The second-order valence-electron chi connectivity index (χ2n) is 7.09. The Bertz CT molecular complexity index is 607. The number of benzene rings is 1. The third kappa shape index (κ3) is 3.75. The molecule has 1 aromatic rings. The first-order chi connectivity index (χ1) is 11.0. The summed E-state index contributed by atoms with van der Waals surface area (Å²) in [5.41, 5.74) is 1.93. The van der Waals surface area contributed by atoms with Gasteiger partial charge in [-0.2, -0.15) is 0 Å². The van der Waals surface area contributed by atoms with Gasteiger partial charge in [0, 0.05) is 37.8 Å². The van der Waals surface area contributed by atoms with Crippen molar-refractivity contribution in [2.75, 3.05) is 26.2 Å². The summed E-state index contributed by atoms with van der Waals surface area (Å²) in [7, 11) is 0. The Morgan fingerprint density at radius 3 is 2.83 bits per heavy atom. The topological polar surface area (TPSA) is 43.8 Å². The summed E-state index contributed by atoms with van der Waals surface area (Å²) < 4.78 is 0. The molecule has 2 bridgehead atoms. The van der Waals surface area contributed by atoms with Crippen LogP contribution in [0.4, 0.5) is 0 Å². The molecule has 4 nitrogen and oxygen atoms in total. The van der Waals surface area contributed by atoms with E-state index in [-0.39, 0.29) is 11.7 Å². The largest absolute Gasteiger partial charge is 0.508 e. The maximum Gasteiger partial charge on any atom is 0.254 e. The van der Waals surface area contributed by atoms with Crippen molar-refractivity contribution < 1.29 is 9.90 Å². The van der Waals surface area contributed by atoms with E-state index in [1.807, 2.05) is 4.90 Å². The van der Waals surface area contributed by atoms with Gasteiger partial charge in [0.1, 0.15) is 5.75 Å². The van der Waals surface area contributed by atoms with Gasteiger partial charge in [-0.05, 0) is 50.8 Å². The highest BCUT2D eigenvalue weighted by molar-refractivity contribution is 5.94. The number of rotatable bonds is 3. The molecule has 3 heterocycles. The van der Waals surface area contributed by atoms with Crippen molar-refractivity contribution in [2.24, 2.45) is 5.92 Å². The lowest BCUT2D eigenvalue weighted by Crippen LogP contribution is -2.44. The van der Waals surface area contributed by atoms with Crippen LogP contribution in [0.1, 0.15) is 37.0 Å². The second-order valence-corrected chi connectivity index (χ2v) is 7.09. The van der Waals surface area contributed by atoms with Crippen LogP contribution in [0.25, 0.3) is 0 Å². The fourth-order valence-electron chi connectivity index (χ4n) is 3.69. The number of carbonyl (C=O) groups is 1. The molecule has 1 aromatic carbocycles. The molecular weight excluding hydrogens is 288 g/mol. The molecule has 1 N–H and O–H groups in total. The number of piperidine rings is 1. The van der Waals surface area contributed by atoms with Crippen molar-refractivity contribution in [1.82, 2.24) is 9.80 Å². The highest BCUT2D eigenvalue weighted by atomic mass is 16.3. The fourth-order valence-corrected chi connectivity index (χ4v) is 3.69. The fraction of sp³-hybridized carbons (Fsp3) is 0.526. The molecular formula is C19H26N2O2. The Morgan fingerprint density at radius 1 is 1.26 bits per heavy atom. The van der Waals surface area contributed by atoms with Gasteiger partial charge in [-0.1, -0.05) is 17.7 Å². The Balaban J connectivity index is 1.74. The van der Waals surface area contributed by atoms with Crippen LogP contribution in [0, 0.1) is 5.92 Å². The Kier molecular flexibility index (Phi) is 4.71. The molecule has 3 saturated heterocycles. The summed E-state index contributed by atoms with van der Waals surface area (Å²) in [6, 6.07) is 7.14. The molecule has 0 aromatic heterocycles. The monoisotopic (exact) mass is 314 g/mol. The highest BCUT2D eigenvalue weighted by Crippen LogP contribution is 2.29. The van der Waals surface area contributed by atoms with E-state index < -0.39 is 0 Å². The Labute approximate surface area is 138 Å². The van der Waals surface area contributed by atoms with Gasteiger partial charge in [-0.15, -0.1) is 0 Å². The smallest absolute Gasteiger partial charge is 0.254 e. The molecule has 1 amide bonds. The number of hydrogen-bond acceptors (Lipinski definition) is 3. The maximum atomic E-state index is 12.8. The molecule has 0 saturated carbocycles. The average molecular weight is 314 g/mol. The van der Waals surface area contributed by atoms with Gasteiger partial charge in [-0.3, -0.25) is 9.69 Å². The van der Waals surface area contributed by atoms with Crippen LogP contribution < -0.4 is 0 Å². The summed E-state index contributed by atoms with van der Waals surface area (Å²) in [4.78, 5) is 17.3. The quantitative estimate of drug-likeness (QED) is 0.873. The lowest BCUT2D eigenvalue weighted by molar-refractivity contribution is 0.0740. The molecule has 124 valence electrons. The molecule has 0 aliphatic carbocycles. The van der Waals surface area contributed by atoms with E-state index in [4.69, 9.17) is 0 Å². The molecule has 4 rings (SSSR count). The van der Waals surface area contributed by atoms with E-state index in [9.17, 15) is 9.90 Å². The number of phenolic OH excluding ortho intramolecular Hbond substituents is 1. The number of hydrogen-bond donors (Lipinski definition) is 1. The Hall–Kier alpha value is -1.81. The van der Waals surface area contributed by atoms with Gasteiger partial charge in [-0.25, -0.2) is 0 Å². The van der Waals surface area contributed by atoms with Gasteiger partial charge in [0.05, 0.1) is 0 Å². The lowest BCUT2D eigenvalue weighted by Gasteiger charge is -2.35. The van der Waals surface area contributed by atoms with Crippen LogP contribution in [0.2, 0.25) is 0 Å². The van der Waals surface area contributed by atoms with E-state index in [1.54, 1.807) is 24.3 Å². The molecule has 0 radical (unpaired) electrons. The normalized spacial score (nSPS) is 24.3. The van der Waals surface area contributed by atoms with Gasteiger partial charge < -0.3 is 10.0 Å². The van der Waals surface area contributed by atoms with Gasteiger partial charge >= 0.3 is 0 Å². The van der Waals surface area contributed by atoms with Gasteiger partial charge in [0.15, 0.2) is 0 Å². The summed E-state index contributed by atoms with van der Waals surface area (Å²) in [6.07, 6.45) is 4.66. The molecule has 3 fully saturated rings. The molecule has 0 unspecified atom stereocenters. The number of nitrogens with zero attached hydrogens (tertiary/aromatic N) is 2. The average Bonchev–Trinajstić information content (AvgIpc) is 2.83. The van der Waals surface area contributed by atoms with Crippen LogP contribution in [-0.4, -0.2) is 53.0 Å². The lowest BCUT2D eigenvalue weighted by atomic mass is 9.95. The number of fused-ring (bicyclic) bond motifs is 4. The van der Waals surface area contributed by atoms with Gasteiger partial charge in [0.2, 0.25) is 0 Å². The van der Waals surface area contributed by atoms with E-state index in [0.29, 0.717) is 17.5 Å². The number of allylic oxidation sites excluding steroid dienone is 1. The zero-order valence-corrected chi connectivity index (χ0v) is 14.0. The standard InChI is InChI=1S/C19H26N2O2/c1-14(2)8-9-20-11-15-6-7-17(20)13-21(12-15)19(23)16-4-3-5-18(22)10-16/h3-5,8,10,15,17,22H,6-7,9,11-13H2,1-2H3/t15-,17-/m0/s1. The van der Waals surface area contributed by atoms with Crippen molar-refractivity contribution in [3.05, 3.63) is 41.5 Å². The summed E-state index contributed by atoms with van der Waals surface area (Å²) in [5, 5.41) is 9.61. The number of aromatic hydroxyl groups is 1. The maximum absolute atomic E-state index is 12.8. The van der Waals surface area contributed by atoms with Crippen LogP contribution in [0.3, 0.4) is 0 Å². The zero-order valence-electron chi connectivity index (χ0n) is 14.0. The SMILES string of the molecule is CC(C)=CCN1C[C@@H]2CC[C@H]1CN(C(=O)c1cccc(O)c1)C2. The van der Waals surface area contributed by atoms with Crippen molar-refractivity contribution in [3.8, 4) is 5.75 Å².